The molecule has 0 spiro atoms. The molecular weight excluding hydrogens is 445 g/mol. The fourth-order valence-electron chi connectivity index (χ4n) is 2.37. The molecule has 6 nitrogen and oxygen atoms in total. The van der Waals surface area contributed by atoms with Crippen molar-refractivity contribution >= 4 is 29.9 Å². The second kappa shape index (κ2) is 12.7. The number of rotatable bonds is 9. The molecule has 144 valence electrons. The molecule has 0 aliphatic heterocycles. The highest BCUT2D eigenvalue weighted by atomic mass is 127. The van der Waals surface area contributed by atoms with Crippen LogP contribution in [0.4, 0.5) is 0 Å². The van der Waals surface area contributed by atoms with Crippen molar-refractivity contribution in [2.75, 3.05) is 33.4 Å². The highest BCUT2D eigenvalue weighted by Gasteiger charge is 2.08. The lowest BCUT2D eigenvalue weighted by molar-refractivity contribution is 0.186. The first kappa shape index (κ1) is 22.5. The van der Waals surface area contributed by atoms with Crippen LogP contribution in [-0.2, 0) is 11.2 Å². The van der Waals surface area contributed by atoms with Gasteiger partial charge in [0.2, 0.25) is 0 Å². The molecule has 26 heavy (non-hydrogen) atoms. The smallest absolute Gasteiger partial charge is 0.191 e. The van der Waals surface area contributed by atoms with E-state index in [0.717, 1.165) is 23.3 Å². The minimum absolute atomic E-state index is 0. The van der Waals surface area contributed by atoms with E-state index in [1.54, 1.807) is 13.4 Å². The molecule has 0 bridgehead atoms. The van der Waals surface area contributed by atoms with Gasteiger partial charge in [-0.05, 0) is 24.6 Å². The minimum Gasteiger partial charge on any atom is -0.469 e. The van der Waals surface area contributed by atoms with Crippen molar-refractivity contribution in [1.29, 1.82) is 0 Å². The average Bonchev–Trinajstić information content (AvgIpc) is 3.12. The van der Waals surface area contributed by atoms with Gasteiger partial charge >= 0.3 is 0 Å². The number of aliphatic hydroxyl groups excluding tert-OH is 1. The standard InChI is InChI=1S/C19H27N3O3.HI/c1-15-5-3-6-16(13-15)18(23)14-22-19(21-10-12-24-2)20-9-8-17-7-4-11-25-17;/h3-7,11,13,18,23H,8-10,12,14H2,1-2H3,(H2,20,21,22);1H. The van der Waals surface area contributed by atoms with E-state index in [9.17, 15) is 5.11 Å². The van der Waals surface area contributed by atoms with E-state index in [4.69, 9.17) is 9.15 Å². The molecule has 1 aromatic heterocycles. The maximum absolute atomic E-state index is 10.3. The lowest BCUT2D eigenvalue weighted by Crippen LogP contribution is -2.40. The maximum atomic E-state index is 10.3. The molecule has 2 aromatic rings. The van der Waals surface area contributed by atoms with Gasteiger partial charge in [0.1, 0.15) is 5.76 Å². The molecule has 7 heteroatoms. The zero-order valence-electron chi connectivity index (χ0n) is 15.3. The molecule has 0 aliphatic rings. The highest BCUT2D eigenvalue weighted by Crippen LogP contribution is 2.14. The lowest BCUT2D eigenvalue weighted by atomic mass is 10.1. The molecular formula is C19H28IN3O3. The third-order valence-electron chi connectivity index (χ3n) is 3.69. The van der Waals surface area contributed by atoms with Gasteiger partial charge in [-0.2, -0.15) is 0 Å². The van der Waals surface area contributed by atoms with Gasteiger partial charge in [-0.3, -0.25) is 4.99 Å². The van der Waals surface area contributed by atoms with E-state index in [0.29, 0.717) is 25.7 Å². The van der Waals surface area contributed by atoms with Crippen molar-refractivity contribution in [1.82, 2.24) is 10.6 Å². The van der Waals surface area contributed by atoms with Crippen LogP contribution in [0.5, 0.6) is 0 Å². The maximum Gasteiger partial charge on any atom is 0.191 e. The van der Waals surface area contributed by atoms with E-state index < -0.39 is 6.10 Å². The zero-order valence-corrected chi connectivity index (χ0v) is 17.6. The van der Waals surface area contributed by atoms with Crippen LogP contribution in [-0.4, -0.2) is 44.4 Å². The summed E-state index contributed by atoms with van der Waals surface area (Å²) in [5.41, 5.74) is 1.99. The van der Waals surface area contributed by atoms with Crippen LogP contribution in [0.25, 0.3) is 0 Å². The van der Waals surface area contributed by atoms with Crippen LogP contribution in [0.2, 0.25) is 0 Å². The normalized spacial score (nSPS) is 12.3. The van der Waals surface area contributed by atoms with Crippen molar-refractivity contribution in [2.45, 2.75) is 19.4 Å². The molecule has 0 saturated heterocycles. The topological polar surface area (TPSA) is 79.0 Å². The number of halogens is 1. The fourth-order valence-corrected chi connectivity index (χ4v) is 2.37. The van der Waals surface area contributed by atoms with Crippen LogP contribution < -0.4 is 10.6 Å². The quantitative estimate of drug-likeness (QED) is 0.226. The Kier molecular flexibility index (Phi) is 11.0. The molecule has 0 saturated carbocycles. The fraction of sp³-hybridized carbons (Fsp3) is 0.421. The molecule has 0 radical (unpaired) electrons. The van der Waals surface area contributed by atoms with E-state index in [1.807, 2.05) is 43.3 Å². The summed E-state index contributed by atoms with van der Waals surface area (Å²) in [4.78, 5) is 4.48. The van der Waals surface area contributed by atoms with Gasteiger partial charge in [0.15, 0.2) is 5.96 Å². The lowest BCUT2D eigenvalue weighted by Gasteiger charge is -2.14. The number of guanidine groups is 1. The van der Waals surface area contributed by atoms with Gasteiger partial charge in [0.05, 0.1) is 25.5 Å². The Labute approximate surface area is 172 Å². The summed E-state index contributed by atoms with van der Waals surface area (Å²) < 4.78 is 10.4. The summed E-state index contributed by atoms with van der Waals surface area (Å²) in [6.07, 6.45) is 1.80. The van der Waals surface area contributed by atoms with Crippen LogP contribution in [0, 0.1) is 6.92 Å². The molecule has 1 unspecified atom stereocenters. The summed E-state index contributed by atoms with van der Waals surface area (Å²) in [6.45, 7) is 4.20. The van der Waals surface area contributed by atoms with Gasteiger partial charge in [-0.1, -0.05) is 29.8 Å². The number of hydrogen-bond donors (Lipinski definition) is 3. The number of aliphatic imine (C=N–C) groups is 1. The third kappa shape index (κ3) is 8.20. The summed E-state index contributed by atoms with van der Waals surface area (Å²) >= 11 is 0. The molecule has 1 aromatic carbocycles. The zero-order chi connectivity index (χ0) is 17.9. The van der Waals surface area contributed by atoms with E-state index in [-0.39, 0.29) is 30.5 Å². The van der Waals surface area contributed by atoms with Crippen LogP contribution in [0.1, 0.15) is 23.0 Å². The average molecular weight is 473 g/mol. The number of nitrogens with zero attached hydrogens (tertiary/aromatic N) is 1. The van der Waals surface area contributed by atoms with E-state index in [1.165, 1.54) is 0 Å². The molecule has 0 aliphatic carbocycles. The predicted molar refractivity (Wildman–Crippen MR) is 114 cm³/mol. The minimum atomic E-state index is -0.633. The highest BCUT2D eigenvalue weighted by molar-refractivity contribution is 14.0. The van der Waals surface area contributed by atoms with Gasteiger partial charge in [0, 0.05) is 26.6 Å². The monoisotopic (exact) mass is 473 g/mol. The number of nitrogens with one attached hydrogen (secondary N) is 2. The number of ether oxygens (including phenoxy) is 1. The van der Waals surface area contributed by atoms with Crippen LogP contribution in [0.15, 0.2) is 52.1 Å². The molecule has 0 fully saturated rings. The number of methoxy groups -OCH3 is 1. The second-order valence-electron chi connectivity index (χ2n) is 5.79. The number of benzene rings is 1. The van der Waals surface area contributed by atoms with Crippen molar-refractivity contribution in [3.63, 3.8) is 0 Å². The summed E-state index contributed by atoms with van der Waals surface area (Å²) in [5, 5.41) is 16.8. The molecule has 3 N–H and O–H groups in total. The predicted octanol–water partition coefficient (Wildman–Crippen LogP) is 2.66. The molecule has 1 atom stereocenters. The summed E-state index contributed by atoms with van der Waals surface area (Å²) in [6, 6.07) is 11.7. The molecule has 1 heterocycles. The third-order valence-corrected chi connectivity index (χ3v) is 3.69. The van der Waals surface area contributed by atoms with Crippen molar-refractivity contribution in [3.8, 4) is 0 Å². The first-order valence-corrected chi connectivity index (χ1v) is 8.47. The van der Waals surface area contributed by atoms with Crippen molar-refractivity contribution in [2.24, 2.45) is 4.99 Å². The Morgan fingerprint density at radius 1 is 1.23 bits per heavy atom. The van der Waals surface area contributed by atoms with Gasteiger partial charge < -0.3 is 24.9 Å². The van der Waals surface area contributed by atoms with Crippen molar-refractivity contribution in [3.05, 3.63) is 59.5 Å². The Bertz CT molecular complexity index is 647. The number of furan rings is 1. The Morgan fingerprint density at radius 2 is 2.04 bits per heavy atom. The Hall–Kier alpha value is -1.58. The SMILES string of the molecule is COCCNC(=NCC(O)c1cccc(C)c1)NCCc1ccco1.I. The van der Waals surface area contributed by atoms with E-state index in [2.05, 4.69) is 15.6 Å². The van der Waals surface area contributed by atoms with Gasteiger partial charge in [-0.25, -0.2) is 0 Å². The van der Waals surface area contributed by atoms with Gasteiger partial charge in [0.25, 0.3) is 0 Å². The van der Waals surface area contributed by atoms with Gasteiger partial charge in [-0.15, -0.1) is 24.0 Å². The first-order valence-electron chi connectivity index (χ1n) is 8.47. The summed E-state index contributed by atoms with van der Waals surface area (Å²) in [7, 11) is 1.66. The van der Waals surface area contributed by atoms with Crippen LogP contribution >= 0.6 is 24.0 Å². The Morgan fingerprint density at radius 3 is 2.73 bits per heavy atom. The number of hydrogen-bond acceptors (Lipinski definition) is 4. The first-order chi connectivity index (χ1) is 12.2. The molecule has 2 rings (SSSR count). The van der Waals surface area contributed by atoms with E-state index >= 15 is 0 Å². The Balaban J connectivity index is 0.00000338. The van der Waals surface area contributed by atoms with Crippen molar-refractivity contribution < 1.29 is 14.3 Å². The second-order valence-corrected chi connectivity index (χ2v) is 5.79. The number of aliphatic hydroxyl groups is 1. The van der Waals surface area contributed by atoms with Crippen LogP contribution in [0.3, 0.4) is 0 Å². The summed E-state index contributed by atoms with van der Waals surface area (Å²) in [5.74, 6) is 1.57. The molecule has 0 amide bonds. The largest absolute Gasteiger partial charge is 0.469 e. The number of aryl methyl sites for hydroxylation is 1.